The Balaban J connectivity index is 2.81. The molecule has 1 rings (SSSR count). The molecule has 0 aromatic rings. The zero-order chi connectivity index (χ0) is 16.6. The Bertz CT molecular complexity index is 449. The highest BCUT2D eigenvalue weighted by atomic mass is 127. The van der Waals surface area contributed by atoms with Gasteiger partial charge in [-0.3, -0.25) is 0 Å². The SMILES string of the molecule is C[C@H](CC1=C(I)C(=O)OC(C)(C)O1)O[Si](C)(C)C(C)(C)C. The number of carbonyl (C=O) groups is 1. The van der Waals surface area contributed by atoms with Gasteiger partial charge in [-0.25, -0.2) is 4.79 Å². The first-order valence-corrected chi connectivity index (χ1v) is 11.2. The number of hydrogen-bond donors (Lipinski definition) is 0. The van der Waals surface area contributed by atoms with Gasteiger partial charge in [0.05, 0.1) is 0 Å². The summed E-state index contributed by atoms with van der Waals surface area (Å²) in [5.74, 6) is -0.554. The Hall–Kier alpha value is -0.0831. The van der Waals surface area contributed by atoms with Crippen molar-refractivity contribution >= 4 is 36.9 Å². The zero-order valence-electron chi connectivity index (χ0n) is 14.3. The lowest BCUT2D eigenvalue weighted by Crippen LogP contribution is -2.44. The van der Waals surface area contributed by atoms with Crippen molar-refractivity contribution in [1.82, 2.24) is 0 Å². The van der Waals surface area contributed by atoms with Crippen LogP contribution in [0.4, 0.5) is 0 Å². The van der Waals surface area contributed by atoms with Crippen LogP contribution in [0.5, 0.6) is 0 Å². The van der Waals surface area contributed by atoms with Crippen LogP contribution in [0.2, 0.25) is 18.1 Å². The number of ether oxygens (including phenoxy) is 2. The summed E-state index contributed by atoms with van der Waals surface area (Å²) in [5, 5.41) is 0.161. The molecule has 0 fully saturated rings. The molecule has 0 aromatic heterocycles. The minimum Gasteiger partial charge on any atom is -0.456 e. The smallest absolute Gasteiger partial charge is 0.351 e. The fourth-order valence-corrected chi connectivity index (χ4v) is 3.74. The molecular weight excluding hydrogens is 399 g/mol. The third-order valence-electron chi connectivity index (χ3n) is 3.91. The third kappa shape index (κ3) is 4.96. The van der Waals surface area contributed by atoms with Crippen molar-refractivity contribution in [2.45, 2.75) is 78.0 Å². The van der Waals surface area contributed by atoms with Crippen LogP contribution in [0.15, 0.2) is 9.34 Å². The van der Waals surface area contributed by atoms with E-state index in [4.69, 9.17) is 13.9 Å². The van der Waals surface area contributed by atoms with E-state index in [1.54, 1.807) is 13.8 Å². The fraction of sp³-hybridized carbons (Fsp3) is 0.800. The van der Waals surface area contributed by atoms with E-state index in [1.165, 1.54) is 0 Å². The number of carbonyl (C=O) groups excluding carboxylic acids is 1. The summed E-state index contributed by atoms with van der Waals surface area (Å²) in [4.78, 5) is 11.8. The summed E-state index contributed by atoms with van der Waals surface area (Å²) < 4.78 is 17.8. The molecule has 1 aliphatic heterocycles. The Morgan fingerprint density at radius 2 is 1.81 bits per heavy atom. The van der Waals surface area contributed by atoms with Crippen LogP contribution in [-0.4, -0.2) is 26.2 Å². The number of hydrogen-bond acceptors (Lipinski definition) is 4. The summed E-state index contributed by atoms with van der Waals surface area (Å²) in [5.41, 5.74) is 0. The zero-order valence-corrected chi connectivity index (χ0v) is 17.5. The maximum Gasteiger partial charge on any atom is 0.351 e. The summed E-state index contributed by atoms with van der Waals surface area (Å²) in [6.45, 7) is 16.6. The molecule has 0 aromatic carbocycles. The average Bonchev–Trinajstić information content (AvgIpc) is 2.21. The van der Waals surface area contributed by atoms with Crippen molar-refractivity contribution in [3.8, 4) is 0 Å². The molecule has 1 atom stereocenters. The molecule has 0 bridgehead atoms. The molecule has 4 nitrogen and oxygen atoms in total. The molecule has 0 saturated heterocycles. The van der Waals surface area contributed by atoms with Crippen molar-refractivity contribution in [3.05, 3.63) is 9.34 Å². The maximum absolute atomic E-state index is 11.8. The molecule has 122 valence electrons. The first-order chi connectivity index (χ1) is 9.25. The van der Waals surface area contributed by atoms with Crippen LogP contribution in [0.1, 0.15) is 48.0 Å². The minimum absolute atomic E-state index is 0.00681. The van der Waals surface area contributed by atoms with E-state index in [9.17, 15) is 4.79 Å². The van der Waals surface area contributed by atoms with E-state index in [2.05, 4.69) is 33.9 Å². The highest BCUT2D eigenvalue weighted by Gasteiger charge is 2.40. The normalized spacial score (nSPS) is 20.9. The quantitative estimate of drug-likeness (QED) is 0.370. The van der Waals surface area contributed by atoms with Gasteiger partial charge in [0.2, 0.25) is 5.79 Å². The Kier molecular flexibility index (Phi) is 5.60. The minimum atomic E-state index is -1.82. The van der Waals surface area contributed by atoms with Gasteiger partial charge in [-0.05, 0) is 47.6 Å². The van der Waals surface area contributed by atoms with Gasteiger partial charge in [-0.2, -0.15) is 0 Å². The molecule has 0 saturated carbocycles. The molecule has 1 aliphatic rings. The maximum atomic E-state index is 11.8. The second-order valence-corrected chi connectivity index (χ2v) is 13.4. The van der Waals surface area contributed by atoms with Gasteiger partial charge in [-0.1, -0.05) is 20.8 Å². The van der Waals surface area contributed by atoms with E-state index < -0.39 is 14.1 Å². The average molecular weight is 426 g/mol. The lowest BCUT2D eigenvalue weighted by atomic mass is 10.2. The predicted octanol–water partition coefficient (Wildman–Crippen LogP) is 4.74. The van der Waals surface area contributed by atoms with Crippen molar-refractivity contribution < 1.29 is 18.7 Å². The molecule has 1 heterocycles. The summed E-state index contributed by atoms with van der Waals surface area (Å²) in [6.07, 6.45) is 0.593. The van der Waals surface area contributed by atoms with E-state index in [0.717, 1.165) is 0 Å². The lowest BCUT2D eigenvalue weighted by Gasteiger charge is -2.39. The van der Waals surface area contributed by atoms with Crippen molar-refractivity contribution in [1.29, 1.82) is 0 Å². The summed E-state index contributed by atoms with van der Waals surface area (Å²) >= 11 is 1.98. The number of esters is 1. The molecule has 21 heavy (non-hydrogen) atoms. The topological polar surface area (TPSA) is 44.8 Å². The van der Waals surface area contributed by atoms with Gasteiger partial charge in [0.1, 0.15) is 9.34 Å². The molecule has 0 unspecified atom stereocenters. The van der Waals surface area contributed by atoms with Crippen LogP contribution in [-0.2, 0) is 18.7 Å². The highest BCUT2D eigenvalue weighted by Crippen LogP contribution is 2.39. The third-order valence-corrected chi connectivity index (χ3v) is 9.55. The van der Waals surface area contributed by atoms with Gasteiger partial charge in [0.25, 0.3) is 0 Å². The largest absolute Gasteiger partial charge is 0.456 e. The van der Waals surface area contributed by atoms with Gasteiger partial charge in [0, 0.05) is 26.4 Å². The monoisotopic (exact) mass is 426 g/mol. The molecule has 0 amide bonds. The van der Waals surface area contributed by atoms with Gasteiger partial charge < -0.3 is 13.9 Å². The van der Waals surface area contributed by atoms with Crippen molar-refractivity contribution in [2.24, 2.45) is 0 Å². The first kappa shape index (κ1) is 19.0. The van der Waals surface area contributed by atoms with Crippen LogP contribution < -0.4 is 0 Å². The van der Waals surface area contributed by atoms with Gasteiger partial charge in [-0.15, -0.1) is 0 Å². The number of cyclic esters (lactones) is 1. The highest BCUT2D eigenvalue weighted by molar-refractivity contribution is 14.1. The first-order valence-electron chi connectivity index (χ1n) is 7.24. The van der Waals surface area contributed by atoms with Crippen LogP contribution in [0.25, 0.3) is 0 Å². The molecule has 0 spiro atoms. The predicted molar refractivity (Wildman–Crippen MR) is 94.7 cm³/mol. The van der Waals surface area contributed by atoms with E-state index in [-0.39, 0.29) is 17.1 Å². The van der Waals surface area contributed by atoms with Crippen molar-refractivity contribution in [3.63, 3.8) is 0 Å². The Labute approximate surface area is 142 Å². The van der Waals surface area contributed by atoms with Crippen LogP contribution in [0.3, 0.4) is 0 Å². The van der Waals surface area contributed by atoms with Gasteiger partial charge >= 0.3 is 5.97 Å². The van der Waals surface area contributed by atoms with Gasteiger partial charge in [0.15, 0.2) is 8.32 Å². The molecule has 0 radical (unpaired) electrons. The lowest BCUT2D eigenvalue weighted by molar-refractivity contribution is -0.207. The van der Waals surface area contributed by atoms with Crippen LogP contribution >= 0.6 is 22.6 Å². The summed E-state index contributed by atoms with van der Waals surface area (Å²) in [6, 6.07) is 0. The molecule has 6 heteroatoms. The second kappa shape index (κ2) is 6.20. The Morgan fingerprint density at radius 3 is 2.29 bits per heavy atom. The molecular formula is C15H27IO4Si. The van der Waals surface area contributed by atoms with E-state index >= 15 is 0 Å². The van der Waals surface area contributed by atoms with E-state index in [0.29, 0.717) is 15.8 Å². The Morgan fingerprint density at radius 1 is 1.29 bits per heavy atom. The number of halogens is 1. The van der Waals surface area contributed by atoms with Crippen LogP contribution in [0, 0.1) is 0 Å². The van der Waals surface area contributed by atoms with Crippen molar-refractivity contribution in [2.75, 3.05) is 0 Å². The number of rotatable bonds is 4. The fourth-order valence-electron chi connectivity index (χ4n) is 1.86. The van der Waals surface area contributed by atoms with E-state index in [1.807, 2.05) is 29.5 Å². The molecule has 0 N–H and O–H groups in total. The standard InChI is InChI=1S/C15H27IO4Si/c1-10(20-21(7,8)14(2,3)4)9-11-12(16)13(17)19-15(5,6)18-11/h10H,9H2,1-8H3/t10-/m1/s1. The second-order valence-electron chi connectivity index (χ2n) is 7.52. The summed E-state index contributed by atoms with van der Waals surface area (Å²) in [7, 11) is -1.82. The molecule has 0 aliphatic carbocycles.